The van der Waals surface area contributed by atoms with Crippen LogP contribution >= 0.6 is 0 Å². The number of aromatic hydroxyl groups is 2. The maximum atomic E-state index is 13.0. The highest BCUT2D eigenvalue weighted by molar-refractivity contribution is 5.85. The monoisotopic (exact) mass is 383 g/mol. The largest absolute Gasteiger partial charge is 0.506 e. The van der Waals surface area contributed by atoms with E-state index in [-0.39, 0.29) is 40.5 Å². The summed E-state index contributed by atoms with van der Waals surface area (Å²) in [6, 6.07) is 9.20. The van der Waals surface area contributed by atoms with E-state index in [4.69, 9.17) is 0 Å². The molecule has 2 aromatic carbocycles. The van der Waals surface area contributed by atoms with Gasteiger partial charge in [-0.1, -0.05) is 12.1 Å². The van der Waals surface area contributed by atoms with Crippen molar-refractivity contribution in [3.63, 3.8) is 0 Å². The molecule has 0 bridgehead atoms. The maximum Gasteiger partial charge on any atom is 0.149 e. The zero-order chi connectivity index (χ0) is 20.3. The fourth-order valence-electron chi connectivity index (χ4n) is 3.79. The Morgan fingerprint density at radius 1 is 0.893 bits per heavy atom. The van der Waals surface area contributed by atoms with Crippen LogP contribution in [0.4, 0.5) is 11.4 Å². The van der Waals surface area contributed by atoms with Gasteiger partial charge in [0.25, 0.3) is 0 Å². The molecule has 8 nitrogen and oxygen atoms in total. The molecule has 0 aromatic heterocycles. The Labute approximate surface area is 161 Å². The Morgan fingerprint density at radius 2 is 1.32 bits per heavy atom. The van der Waals surface area contributed by atoms with Crippen LogP contribution in [0.1, 0.15) is 11.1 Å². The molecule has 28 heavy (non-hydrogen) atoms. The average Bonchev–Trinajstić information content (AvgIpc) is 2.66. The molecule has 2 unspecified atom stereocenters. The Bertz CT molecular complexity index is 843. The van der Waals surface area contributed by atoms with Crippen LogP contribution in [0.3, 0.4) is 0 Å². The van der Waals surface area contributed by atoms with Gasteiger partial charge in [0.05, 0.1) is 0 Å². The van der Waals surface area contributed by atoms with E-state index in [1.54, 1.807) is 12.1 Å². The Balaban J connectivity index is 1.75. The van der Waals surface area contributed by atoms with Crippen LogP contribution < -0.4 is 0 Å². The maximum absolute atomic E-state index is 13.0. The molecule has 0 spiro atoms. The number of hydrogen-bond acceptors (Lipinski definition) is 8. The van der Waals surface area contributed by atoms with Crippen molar-refractivity contribution in [2.24, 2.45) is 22.2 Å². The van der Waals surface area contributed by atoms with Crippen LogP contribution in [0.15, 0.2) is 46.8 Å². The van der Waals surface area contributed by atoms with Crippen LogP contribution in [0.25, 0.3) is 0 Å². The van der Waals surface area contributed by atoms with Gasteiger partial charge >= 0.3 is 0 Å². The molecule has 0 amide bonds. The summed E-state index contributed by atoms with van der Waals surface area (Å²) in [5.74, 6) is -0.766. The van der Waals surface area contributed by atoms with Gasteiger partial charge < -0.3 is 15.1 Å². The van der Waals surface area contributed by atoms with E-state index in [9.17, 15) is 24.8 Å². The first kappa shape index (κ1) is 19.6. The second-order valence-electron chi connectivity index (χ2n) is 7.25. The van der Waals surface area contributed by atoms with Crippen molar-refractivity contribution in [2.45, 2.75) is 12.8 Å². The molecule has 1 heterocycles. The molecule has 1 aliphatic rings. The third kappa shape index (κ3) is 4.23. The fourth-order valence-corrected chi connectivity index (χ4v) is 3.79. The number of benzene rings is 2. The number of carbonyl (C=O) groups excluding carboxylic acids is 1. The SMILES string of the molecule is CN1CC(Cc2ccc(N=O)c(O)c2)C(=O)C(Cc2ccc(N=O)c(O)c2)C1. The summed E-state index contributed by atoms with van der Waals surface area (Å²) >= 11 is 0. The van der Waals surface area contributed by atoms with Crippen molar-refractivity contribution in [1.82, 2.24) is 4.90 Å². The molecule has 8 heteroatoms. The van der Waals surface area contributed by atoms with E-state index in [0.717, 1.165) is 11.1 Å². The number of hydrogen-bond donors (Lipinski definition) is 2. The predicted molar refractivity (Wildman–Crippen MR) is 104 cm³/mol. The molecular formula is C20H21N3O5. The van der Waals surface area contributed by atoms with Gasteiger partial charge in [0.2, 0.25) is 0 Å². The van der Waals surface area contributed by atoms with Crippen molar-refractivity contribution in [1.29, 1.82) is 0 Å². The number of piperidine rings is 1. The number of phenolic OH excluding ortho intramolecular Hbond substituents is 2. The predicted octanol–water partition coefficient (Wildman–Crippen LogP) is 3.43. The molecule has 1 aliphatic heterocycles. The molecule has 146 valence electrons. The van der Waals surface area contributed by atoms with Crippen molar-refractivity contribution in [3.8, 4) is 11.5 Å². The van der Waals surface area contributed by atoms with Crippen LogP contribution in [-0.2, 0) is 17.6 Å². The summed E-state index contributed by atoms with van der Waals surface area (Å²) in [5.41, 5.74) is 1.47. The van der Waals surface area contributed by atoms with E-state index < -0.39 is 0 Å². The average molecular weight is 383 g/mol. The number of carbonyl (C=O) groups is 1. The van der Waals surface area contributed by atoms with Crippen LogP contribution in [0, 0.1) is 21.6 Å². The summed E-state index contributed by atoms with van der Waals surface area (Å²) < 4.78 is 0. The third-order valence-corrected chi connectivity index (χ3v) is 5.11. The standard InChI is InChI=1S/C20H21N3O5/c1-23-10-14(6-12-2-4-16(21-27)18(24)8-12)20(26)15(11-23)7-13-3-5-17(22-28)19(25)9-13/h2-5,8-9,14-15,24-25H,6-7,10-11H2,1H3. The fraction of sp³-hybridized carbons (Fsp3) is 0.350. The lowest BCUT2D eigenvalue weighted by molar-refractivity contribution is -0.130. The van der Waals surface area contributed by atoms with Gasteiger partial charge in [-0.25, -0.2) is 0 Å². The van der Waals surface area contributed by atoms with Gasteiger partial charge in [-0.2, -0.15) is 0 Å². The topological polar surface area (TPSA) is 120 Å². The molecule has 2 N–H and O–H groups in total. The second-order valence-corrected chi connectivity index (χ2v) is 7.25. The summed E-state index contributed by atoms with van der Waals surface area (Å²) in [6.07, 6.45) is 0.900. The van der Waals surface area contributed by atoms with E-state index in [0.29, 0.717) is 25.9 Å². The molecule has 1 saturated heterocycles. The summed E-state index contributed by atoms with van der Waals surface area (Å²) in [7, 11) is 1.94. The lowest BCUT2D eigenvalue weighted by atomic mass is 9.81. The minimum absolute atomic E-state index is 0.0261. The Hall–Kier alpha value is -3.13. The lowest BCUT2D eigenvalue weighted by Crippen LogP contribution is -2.46. The van der Waals surface area contributed by atoms with Crippen LogP contribution in [-0.4, -0.2) is 41.0 Å². The van der Waals surface area contributed by atoms with Crippen molar-refractivity contribution >= 4 is 17.2 Å². The number of Topliss-reactive ketones (excluding diaryl/α,β-unsaturated/α-hetero) is 1. The van der Waals surface area contributed by atoms with Gasteiger partial charge in [0.15, 0.2) is 0 Å². The van der Waals surface area contributed by atoms with Crippen LogP contribution in [0.2, 0.25) is 0 Å². The molecular weight excluding hydrogens is 362 g/mol. The number of nitrogens with zero attached hydrogens (tertiary/aromatic N) is 3. The number of nitroso groups, excluding NO2 is 2. The van der Waals surface area contributed by atoms with Crippen molar-refractivity contribution in [3.05, 3.63) is 57.3 Å². The lowest BCUT2D eigenvalue weighted by Gasteiger charge is -2.34. The first-order valence-electron chi connectivity index (χ1n) is 8.94. The quantitative estimate of drug-likeness (QED) is 0.738. The van der Waals surface area contributed by atoms with E-state index in [2.05, 4.69) is 15.3 Å². The smallest absolute Gasteiger partial charge is 0.149 e. The summed E-state index contributed by atoms with van der Waals surface area (Å²) in [4.78, 5) is 36.3. The Morgan fingerprint density at radius 3 is 1.68 bits per heavy atom. The van der Waals surface area contributed by atoms with E-state index >= 15 is 0 Å². The van der Waals surface area contributed by atoms with Crippen LogP contribution in [0.5, 0.6) is 11.5 Å². The number of likely N-dealkylation sites (tertiary alicyclic amines) is 1. The summed E-state index contributed by atoms with van der Waals surface area (Å²) in [6.45, 7) is 1.20. The van der Waals surface area contributed by atoms with Crippen molar-refractivity contribution < 1.29 is 15.0 Å². The first-order chi connectivity index (χ1) is 13.4. The van der Waals surface area contributed by atoms with Gasteiger partial charge in [-0.05, 0) is 65.6 Å². The normalized spacial score (nSPS) is 20.1. The molecule has 0 saturated carbocycles. The van der Waals surface area contributed by atoms with Gasteiger partial charge in [0.1, 0.15) is 28.7 Å². The van der Waals surface area contributed by atoms with Gasteiger partial charge in [-0.3, -0.25) is 4.79 Å². The Kier molecular flexibility index (Phi) is 5.79. The molecule has 1 fully saturated rings. The van der Waals surface area contributed by atoms with E-state index in [1.807, 2.05) is 7.05 Å². The van der Waals surface area contributed by atoms with E-state index in [1.165, 1.54) is 24.3 Å². The molecule has 2 atom stereocenters. The highest BCUT2D eigenvalue weighted by atomic mass is 16.3. The molecule has 0 radical (unpaired) electrons. The molecule has 0 aliphatic carbocycles. The molecule has 3 rings (SSSR count). The number of rotatable bonds is 6. The highest BCUT2D eigenvalue weighted by Gasteiger charge is 2.34. The highest BCUT2D eigenvalue weighted by Crippen LogP contribution is 2.31. The minimum atomic E-state index is -0.247. The minimum Gasteiger partial charge on any atom is -0.506 e. The molecule has 2 aromatic rings. The van der Waals surface area contributed by atoms with Gasteiger partial charge in [-0.15, -0.1) is 9.81 Å². The first-order valence-corrected chi connectivity index (χ1v) is 8.94. The summed E-state index contributed by atoms with van der Waals surface area (Å²) in [5, 5.41) is 25.1. The zero-order valence-electron chi connectivity index (χ0n) is 15.4. The third-order valence-electron chi connectivity index (χ3n) is 5.11. The second kappa shape index (κ2) is 8.26. The van der Waals surface area contributed by atoms with Gasteiger partial charge in [0, 0.05) is 24.9 Å². The zero-order valence-corrected chi connectivity index (χ0v) is 15.4. The number of phenols is 2. The van der Waals surface area contributed by atoms with Crippen molar-refractivity contribution in [2.75, 3.05) is 20.1 Å². The number of ketones is 1.